The molecule has 6 nitrogen and oxygen atoms in total. The summed E-state index contributed by atoms with van der Waals surface area (Å²) in [6.45, 7) is 4.41. The number of carbonyl (C=O) groups excluding carboxylic acids is 1. The smallest absolute Gasteiger partial charge is 0.246 e. The molecule has 0 radical (unpaired) electrons. The number of halogens is 2. The summed E-state index contributed by atoms with van der Waals surface area (Å²) < 4.78 is 0. The molecule has 0 atom stereocenters. The quantitative estimate of drug-likeness (QED) is 0.496. The summed E-state index contributed by atoms with van der Waals surface area (Å²) in [4.78, 5) is 28.1. The minimum Gasteiger partial charge on any atom is -0.340 e. The molecule has 2 aliphatic rings. The number of hydrogen-bond acceptors (Lipinski definition) is 6. The number of likely N-dealkylation sites (tertiary alicyclic amines) is 1. The van der Waals surface area contributed by atoms with Gasteiger partial charge in [0, 0.05) is 29.7 Å². The Bertz CT molecular complexity index is 1190. The Morgan fingerprint density at radius 2 is 2.00 bits per heavy atom. The Morgan fingerprint density at radius 1 is 1.16 bits per heavy atom. The van der Waals surface area contributed by atoms with Gasteiger partial charge in [0.15, 0.2) is 0 Å². The van der Waals surface area contributed by atoms with E-state index < -0.39 is 0 Å². The molecule has 2 aliphatic heterocycles. The van der Waals surface area contributed by atoms with Crippen LogP contribution in [-0.4, -0.2) is 51.9 Å². The maximum absolute atomic E-state index is 12.7. The van der Waals surface area contributed by atoms with E-state index in [0.29, 0.717) is 23.1 Å². The van der Waals surface area contributed by atoms with Crippen LogP contribution < -0.4 is 5.32 Å². The molecule has 1 fully saturated rings. The minimum absolute atomic E-state index is 0.0764. The zero-order valence-corrected chi connectivity index (χ0v) is 19.8. The van der Waals surface area contributed by atoms with Gasteiger partial charge in [-0.2, -0.15) is 0 Å². The normalized spacial score (nSPS) is 16.8. The number of carbonyl (C=O) groups is 1. The van der Waals surface area contributed by atoms with Gasteiger partial charge >= 0.3 is 0 Å². The SMILES string of the molecule is O=C(/C=C/CN1CCCC1)N1CCc2c(sc3ncnc(Nc4ccc(Cl)c(Cl)c4)c23)C1. The van der Waals surface area contributed by atoms with Crippen LogP contribution in [0.5, 0.6) is 0 Å². The molecule has 0 unspecified atom stereocenters. The van der Waals surface area contributed by atoms with Gasteiger partial charge in [-0.25, -0.2) is 9.97 Å². The number of fused-ring (bicyclic) bond motifs is 3. The summed E-state index contributed by atoms with van der Waals surface area (Å²) in [5, 5.41) is 5.38. The lowest BCUT2D eigenvalue weighted by atomic mass is 10.0. The Morgan fingerprint density at radius 3 is 2.81 bits per heavy atom. The predicted octanol–water partition coefficient (Wildman–Crippen LogP) is 5.28. The fourth-order valence-electron chi connectivity index (χ4n) is 4.29. The molecule has 0 spiro atoms. The van der Waals surface area contributed by atoms with Crippen molar-refractivity contribution in [1.82, 2.24) is 19.8 Å². The zero-order chi connectivity index (χ0) is 22.1. The first-order valence-electron chi connectivity index (χ1n) is 10.7. The summed E-state index contributed by atoms with van der Waals surface area (Å²) in [6, 6.07) is 5.41. The van der Waals surface area contributed by atoms with E-state index in [4.69, 9.17) is 23.2 Å². The lowest BCUT2D eigenvalue weighted by molar-refractivity contribution is -0.126. The van der Waals surface area contributed by atoms with E-state index >= 15 is 0 Å². The number of hydrogen-bond donors (Lipinski definition) is 1. The van der Waals surface area contributed by atoms with Crippen molar-refractivity contribution in [2.45, 2.75) is 25.8 Å². The average molecular weight is 488 g/mol. The van der Waals surface area contributed by atoms with E-state index in [0.717, 1.165) is 47.8 Å². The number of nitrogens with zero attached hydrogens (tertiary/aromatic N) is 4. The summed E-state index contributed by atoms with van der Waals surface area (Å²) in [7, 11) is 0. The van der Waals surface area contributed by atoms with Crippen molar-refractivity contribution in [2.24, 2.45) is 0 Å². The van der Waals surface area contributed by atoms with E-state index in [1.165, 1.54) is 23.3 Å². The number of benzene rings is 1. The van der Waals surface area contributed by atoms with Crippen molar-refractivity contribution in [3.63, 3.8) is 0 Å². The van der Waals surface area contributed by atoms with Gasteiger partial charge in [-0.1, -0.05) is 29.3 Å². The molecule has 0 bridgehead atoms. The lowest BCUT2D eigenvalue weighted by Crippen LogP contribution is -2.34. The van der Waals surface area contributed by atoms with Gasteiger partial charge in [0.2, 0.25) is 5.91 Å². The van der Waals surface area contributed by atoms with Gasteiger partial charge in [0.25, 0.3) is 0 Å². The van der Waals surface area contributed by atoms with E-state index in [2.05, 4.69) is 20.2 Å². The number of aromatic nitrogens is 2. The zero-order valence-electron chi connectivity index (χ0n) is 17.5. The first-order valence-corrected chi connectivity index (χ1v) is 12.3. The van der Waals surface area contributed by atoms with Gasteiger partial charge in [-0.15, -0.1) is 11.3 Å². The van der Waals surface area contributed by atoms with Crippen LogP contribution in [-0.2, 0) is 17.8 Å². The van der Waals surface area contributed by atoms with Crippen LogP contribution in [0.1, 0.15) is 23.3 Å². The van der Waals surface area contributed by atoms with Gasteiger partial charge in [-0.3, -0.25) is 9.69 Å². The van der Waals surface area contributed by atoms with Gasteiger partial charge in [-0.05, 0) is 56.1 Å². The van der Waals surface area contributed by atoms with E-state index in [1.807, 2.05) is 17.0 Å². The molecule has 4 heterocycles. The molecular weight excluding hydrogens is 465 g/mol. The molecule has 2 aromatic heterocycles. The largest absolute Gasteiger partial charge is 0.340 e. The highest BCUT2D eigenvalue weighted by atomic mass is 35.5. The third kappa shape index (κ3) is 4.48. The Kier molecular flexibility index (Phi) is 6.33. The van der Waals surface area contributed by atoms with Gasteiger partial charge < -0.3 is 10.2 Å². The number of rotatable bonds is 5. The van der Waals surface area contributed by atoms with Crippen LogP contribution >= 0.6 is 34.5 Å². The van der Waals surface area contributed by atoms with E-state index in [9.17, 15) is 4.79 Å². The highest BCUT2D eigenvalue weighted by Crippen LogP contribution is 2.38. The molecule has 3 aromatic rings. The van der Waals surface area contributed by atoms with Crippen LogP contribution in [0.2, 0.25) is 10.0 Å². The first-order chi connectivity index (χ1) is 15.6. The Labute approximate surface area is 200 Å². The molecule has 5 rings (SSSR count). The molecule has 1 saturated heterocycles. The van der Waals surface area contributed by atoms with Crippen LogP contribution in [0.4, 0.5) is 11.5 Å². The van der Waals surface area contributed by atoms with Crippen molar-refractivity contribution in [3.8, 4) is 0 Å². The average Bonchev–Trinajstić information content (AvgIpc) is 3.43. The third-order valence-corrected chi connectivity index (χ3v) is 7.82. The minimum atomic E-state index is 0.0764. The van der Waals surface area contributed by atoms with Gasteiger partial charge in [0.05, 0.1) is 22.0 Å². The molecule has 1 amide bonds. The fraction of sp³-hybridized carbons (Fsp3) is 0.348. The van der Waals surface area contributed by atoms with E-state index in [1.54, 1.807) is 35.9 Å². The molecule has 1 N–H and O–H groups in total. The number of nitrogens with one attached hydrogen (secondary N) is 1. The maximum atomic E-state index is 12.7. The predicted molar refractivity (Wildman–Crippen MR) is 131 cm³/mol. The molecular formula is C23H23Cl2N5OS. The fourth-order valence-corrected chi connectivity index (χ4v) is 5.80. The van der Waals surface area contributed by atoms with Crippen molar-refractivity contribution >= 4 is 62.2 Å². The van der Waals surface area contributed by atoms with Crippen LogP contribution in [0.15, 0.2) is 36.7 Å². The molecule has 0 aliphatic carbocycles. The highest BCUT2D eigenvalue weighted by Gasteiger charge is 2.25. The monoisotopic (exact) mass is 487 g/mol. The standard InChI is InChI=1S/C23H23Cl2N5OS/c24-17-6-5-15(12-18(17)25)28-22-21-16-7-11-30(13-19(16)32-23(21)27-14-26-22)20(31)4-3-10-29-8-1-2-9-29/h3-6,12,14H,1-2,7-11,13H2,(H,26,27,28)/b4-3+. The number of thiophene rings is 1. The number of amides is 1. The van der Waals surface area contributed by atoms with Crippen LogP contribution in [0, 0.1) is 0 Å². The third-order valence-electron chi connectivity index (χ3n) is 5.95. The summed E-state index contributed by atoms with van der Waals surface area (Å²) in [6.07, 6.45) is 8.59. The second-order valence-electron chi connectivity index (χ2n) is 8.08. The topological polar surface area (TPSA) is 61.4 Å². The van der Waals surface area contributed by atoms with Crippen molar-refractivity contribution in [2.75, 3.05) is 31.5 Å². The highest BCUT2D eigenvalue weighted by molar-refractivity contribution is 7.19. The second-order valence-corrected chi connectivity index (χ2v) is 9.98. The van der Waals surface area contributed by atoms with Crippen LogP contribution in [0.25, 0.3) is 10.2 Å². The molecule has 9 heteroatoms. The Hall–Kier alpha value is -2.19. The molecule has 0 saturated carbocycles. The van der Waals surface area contributed by atoms with Crippen LogP contribution in [0.3, 0.4) is 0 Å². The number of anilines is 2. The molecule has 1 aromatic carbocycles. The van der Waals surface area contributed by atoms with E-state index in [-0.39, 0.29) is 5.91 Å². The summed E-state index contributed by atoms with van der Waals surface area (Å²) in [5.74, 6) is 0.823. The van der Waals surface area contributed by atoms with Crippen molar-refractivity contribution in [1.29, 1.82) is 0 Å². The van der Waals surface area contributed by atoms with Crippen molar-refractivity contribution < 1.29 is 4.79 Å². The maximum Gasteiger partial charge on any atom is 0.246 e. The molecule has 166 valence electrons. The van der Waals surface area contributed by atoms with Gasteiger partial charge in [0.1, 0.15) is 17.0 Å². The Balaban J connectivity index is 1.34. The molecule has 32 heavy (non-hydrogen) atoms. The lowest BCUT2D eigenvalue weighted by Gasteiger charge is -2.26. The van der Waals surface area contributed by atoms with Crippen molar-refractivity contribution in [3.05, 3.63) is 57.2 Å². The first kappa shape index (κ1) is 21.6. The summed E-state index contributed by atoms with van der Waals surface area (Å²) >= 11 is 13.8. The second kappa shape index (κ2) is 9.35. The summed E-state index contributed by atoms with van der Waals surface area (Å²) in [5.41, 5.74) is 2.04.